The number of fused-ring (bicyclic) bond motifs is 1. The van der Waals surface area contributed by atoms with E-state index in [1.807, 2.05) is 35.2 Å². The summed E-state index contributed by atoms with van der Waals surface area (Å²) in [6.07, 6.45) is 5.00. The molecule has 0 fully saturated rings. The number of hydrogen-bond acceptors (Lipinski definition) is 5. The Balaban J connectivity index is 1.56. The van der Waals surface area contributed by atoms with Crippen LogP contribution in [0.2, 0.25) is 0 Å². The van der Waals surface area contributed by atoms with Crippen molar-refractivity contribution in [1.29, 1.82) is 0 Å². The summed E-state index contributed by atoms with van der Waals surface area (Å²) in [6.45, 7) is 1.68. The number of ether oxygens (including phenoxy) is 1. The number of rotatable bonds is 4. The van der Waals surface area contributed by atoms with E-state index >= 15 is 0 Å². The monoisotopic (exact) mass is 394 g/mol. The Kier molecular flexibility index (Phi) is 4.79. The maximum Gasteiger partial charge on any atom is 0.265 e. The number of anilines is 2. The molecule has 2 amide bonds. The molecule has 0 saturated heterocycles. The molecule has 3 aromatic rings. The van der Waals surface area contributed by atoms with Gasteiger partial charge in [-0.3, -0.25) is 14.2 Å². The molecule has 2 N–H and O–H groups in total. The predicted octanol–water partition coefficient (Wildman–Crippen LogP) is 3.57. The smallest absolute Gasteiger partial charge is 0.265 e. The van der Waals surface area contributed by atoms with Gasteiger partial charge in [-0.15, -0.1) is 0 Å². The van der Waals surface area contributed by atoms with Crippen LogP contribution in [0.4, 0.5) is 11.4 Å². The van der Waals surface area contributed by atoms with E-state index in [0.717, 1.165) is 10.8 Å². The maximum atomic E-state index is 12.7. The van der Waals surface area contributed by atoms with Gasteiger partial charge in [0.25, 0.3) is 11.8 Å². The van der Waals surface area contributed by atoms with E-state index in [1.165, 1.54) is 11.8 Å². The first-order valence-electron chi connectivity index (χ1n) is 8.66. The van der Waals surface area contributed by atoms with Gasteiger partial charge < -0.3 is 15.4 Å². The van der Waals surface area contributed by atoms with Crippen molar-refractivity contribution in [2.75, 3.05) is 16.9 Å². The Bertz CT molecular complexity index is 1060. The summed E-state index contributed by atoms with van der Waals surface area (Å²) in [5.41, 5.74) is 2.48. The first-order chi connectivity index (χ1) is 13.5. The number of imidazole rings is 1. The second-order valence-electron chi connectivity index (χ2n) is 6.25. The number of carbonyl (C=O) groups excluding carboxylic acids is 2. The lowest BCUT2D eigenvalue weighted by Gasteiger charge is -2.23. The zero-order valence-electron chi connectivity index (χ0n) is 15.3. The van der Waals surface area contributed by atoms with Crippen molar-refractivity contribution in [3.05, 3.63) is 60.4 Å². The van der Waals surface area contributed by atoms with Gasteiger partial charge in [0.15, 0.2) is 11.3 Å². The average molecular weight is 394 g/mol. The van der Waals surface area contributed by atoms with Crippen LogP contribution in [0.15, 0.2) is 60.0 Å². The summed E-state index contributed by atoms with van der Waals surface area (Å²) < 4.78 is 7.46. The van der Waals surface area contributed by atoms with Crippen LogP contribution in [0, 0.1) is 0 Å². The first kappa shape index (κ1) is 18.1. The van der Waals surface area contributed by atoms with E-state index in [4.69, 9.17) is 4.74 Å². The summed E-state index contributed by atoms with van der Waals surface area (Å²) in [4.78, 5) is 28.8. The number of thioether (sulfide) groups is 1. The molecule has 28 heavy (non-hydrogen) atoms. The van der Waals surface area contributed by atoms with Gasteiger partial charge in [-0.05, 0) is 49.6 Å². The van der Waals surface area contributed by atoms with Gasteiger partial charge in [0.1, 0.15) is 5.75 Å². The van der Waals surface area contributed by atoms with Gasteiger partial charge in [0.2, 0.25) is 0 Å². The third-order valence-electron chi connectivity index (χ3n) is 4.34. The van der Waals surface area contributed by atoms with Crippen molar-refractivity contribution < 1.29 is 14.3 Å². The largest absolute Gasteiger partial charge is 0.479 e. The standard InChI is InChI=1S/C20H18N4O3S/c1-12-18(25)23-16-11-14(6-7-17(16)27-12)22-19(26)13-4-3-5-15(10-13)24-9-8-21-20(24)28-2/h3-12H,1-2H3,(H,22,26)(H,23,25)/t12-/m0/s1. The van der Waals surface area contributed by atoms with Crippen molar-refractivity contribution in [3.63, 3.8) is 0 Å². The van der Waals surface area contributed by atoms with Gasteiger partial charge in [-0.1, -0.05) is 17.8 Å². The minimum atomic E-state index is -0.537. The summed E-state index contributed by atoms with van der Waals surface area (Å²) in [5.74, 6) is 0.120. The lowest BCUT2D eigenvalue weighted by Crippen LogP contribution is -2.34. The van der Waals surface area contributed by atoms with Gasteiger partial charge >= 0.3 is 0 Å². The van der Waals surface area contributed by atoms with Crippen LogP contribution in [0.1, 0.15) is 17.3 Å². The van der Waals surface area contributed by atoms with E-state index < -0.39 is 6.10 Å². The summed E-state index contributed by atoms with van der Waals surface area (Å²) in [5, 5.41) is 6.48. The minimum Gasteiger partial charge on any atom is -0.479 e. The van der Waals surface area contributed by atoms with Crippen molar-refractivity contribution in [1.82, 2.24) is 9.55 Å². The third kappa shape index (κ3) is 3.46. The van der Waals surface area contributed by atoms with E-state index in [-0.39, 0.29) is 11.8 Å². The Morgan fingerprint density at radius 1 is 1.29 bits per heavy atom. The second kappa shape index (κ2) is 7.40. The van der Waals surface area contributed by atoms with Crippen LogP contribution < -0.4 is 15.4 Å². The second-order valence-corrected chi connectivity index (χ2v) is 7.02. The summed E-state index contributed by atoms with van der Waals surface area (Å²) in [6, 6.07) is 12.5. The molecule has 1 atom stereocenters. The zero-order valence-corrected chi connectivity index (χ0v) is 16.1. The molecule has 0 bridgehead atoms. The molecule has 1 aliphatic rings. The number of nitrogens with one attached hydrogen (secondary N) is 2. The third-order valence-corrected chi connectivity index (χ3v) is 5.01. The van der Waals surface area contributed by atoms with E-state index in [0.29, 0.717) is 22.7 Å². The first-order valence-corrected chi connectivity index (χ1v) is 9.88. The maximum absolute atomic E-state index is 12.7. The SMILES string of the molecule is CSc1nccn1-c1cccc(C(=O)Nc2ccc3c(c2)NC(=O)[C@H](C)O3)c1. The van der Waals surface area contributed by atoms with Gasteiger partial charge in [0.05, 0.1) is 5.69 Å². The van der Waals surface area contributed by atoms with Crippen LogP contribution in [0.3, 0.4) is 0 Å². The normalized spacial score (nSPS) is 15.4. The minimum absolute atomic E-state index is 0.214. The number of aromatic nitrogens is 2. The number of nitrogens with zero attached hydrogens (tertiary/aromatic N) is 2. The van der Waals surface area contributed by atoms with Crippen LogP contribution in [0.5, 0.6) is 5.75 Å². The van der Waals surface area contributed by atoms with Gasteiger partial charge in [0, 0.05) is 29.3 Å². The molecule has 2 aromatic carbocycles. The fourth-order valence-electron chi connectivity index (χ4n) is 2.92. The molecule has 0 saturated carbocycles. The van der Waals surface area contributed by atoms with Crippen LogP contribution >= 0.6 is 11.8 Å². The molecule has 0 unspecified atom stereocenters. The topological polar surface area (TPSA) is 85.3 Å². The molecule has 1 aromatic heterocycles. The number of amides is 2. The summed E-state index contributed by atoms with van der Waals surface area (Å²) >= 11 is 1.53. The van der Waals surface area contributed by atoms with Crippen molar-refractivity contribution >= 4 is 35.0 Å². The van der Waals surface area contributed by atoms with Gasteiger partial charge in [-0.2, -0.15) is 0 Å². The number of carbonyl (C=O) groups is 2. The lowest BCUT2D eigenvalue weighted by molar-refractivity contribution is -0.122. The Morgan fingerprint density at radius 2 is 2.14 bits per heavy atom. The van der Waals surface area contributed by atoms with E-state index in [1.54, 1.807) is 37.4 Å². The van der Waals surface area contributed by atoms with Crippen molar-refractivity contribution in [2.24, 2.45) is 0 Å². The highest BCUT2D eigenvalue weighted by atomic mass is 32.2. The fraction of sp³-hybridized carbons (Fsp3) is 0.150. The van der Waals surface area contributed by atoms with Gasteiger partial charge in [-0.25, -0.2) is 4.98 Å². The molecule has 142 valence electrons. The van der Waals surface area contributed by atoms with E-state index in [2.05, 4.69) is 15.6 Å². The fourth-order valence-corrected chi connectivity index (χ4v) is 3.45. The number of benzene rings is 2. The highest BCUT2D eigenvalue weighted by Gasteiger charge is 2.23. The van der Waals surface area contributed by atoms with Crippen LogP contribution in [-0.4, -0.2) is 33.7 Å². The average Bonchev–Trinajstić information content (AvgIpc) is 3.18. The predicted molar refractivity (Wildman–Crippen MR) is 108 cm³/mol. The number of hydrogen-bond donors (Lipinski definition) is 2. The quantitative estimate of drug-likeness (QED) is 0.661. The molecule has 1 aliphatic heterocycles. The molecule has 8 heteroatoms. The Morgan fingerprint density at radius 3 is 2.96 bits per heavy atom. The van der Waals surface area contributed by atoms with Crippen LogP contribution in [-0.2, 0) is 4.79 Å². The zero-order chi connectivity index (χ0) is 19.7. The molecule has 0 spiro atoms. The highest BCUT2D eigenvalue weighted by molar-refractivity contribution is 7.98. The van der Waals surface area contributed by atoms with Crippen molar-refractivity contribution in [2.45, 2.75) is 18.2 Å². The summed E-state index contributed by atoms with van der Waals surface area (Å²) in [7, 11) is 0. The molecule has 0 radical (unpaired) electrons. The molecular formula is C20H18N4O3S. The molecule has 2 heterocycles. The Labute approximate surface area is 166 Å². The molecule has 7 nitrogen and oxygen atoms in total. The van der Waals surface area contributed by atoms with Crippen LogP contribution in [0.25, 0.3) is 5.69 Å². The lowest BCUT2D eigenvalue weighted by atomic mass is 10.1. The molecular weight excluding hydrogens is 376 g/mol. The molecule has 4 rings (SSSR count). The Hall–Kier alpha value is -3.26. The van der Waals surface area contributed by atoms with Crippen molar-refractivity contribution in [3.8, 4) is 11.4 Å². The molecule has 0 aliphatic carbocycles. The highest BCUT2D eigenvalue weighted by Crippen LogP contribution is 2.32. The van der Waals surface area contributed by atoms with E-state index in [9.17, 15) is 9.59 Å².